The summed E-state index contributed by atoms with van der Waals surface area (Å²) < 4.78 is 0. The van der Waals surface area contributed by atoms with Crippen molar-refractivity contribution in [1.82, 2.24) is 4.90 Å². The number of nitrogens with two attached hydrogens (primary N) is 1. The molecule has 6 heteroatoms. The van der Waals surface area contributed by atoms with E-state index in [2.05, 4.69) is 17.4 Å². The van der Waals surface area contributed by atoms with Gasteiger partial charge in [0.2, 0.25) is 17.7 Å². The lowest BCUT2D eigenvalue weighted by Crippen LogP contribution is -2.44. The van der Waals surface area contributed by atoms with Crippen LogP contribution in [0.15, 0.2) is 66.7 Å². The molecule has 0 spiro atoms. The van der Waals surface area contributed by atoms with Crippen LogP contribution in [-0.4, -0.2) is 35.2 Å². The molecule has 1 aliphatic rings. The molecule has 2 aromatic carbocycles. The molecule has 0 bridgehead atoms. The lowest BCUT2D eigenvalue weighted by Gasteiger charge is -2.35. The van der Waals surface area contributed by atoms with E-state index in [4.69, 9.17) is 5.73 Å². The second-order valence-electron chi connectivity index (χ2n) is 7.14. The van der Waals surface area contributed by atoms with Crippen LogP contribution in [0.2, 0.25) is 0 Å². The highest BCUT2D eigenvalue weighted by atomic mass is 16.2. The second kappa shape index (κ2) is 9.68. The van der Waals surface area contributed by atoms with Crippen LogP contribution in [0.4, 0.5) is 5.69 Å². The van der Waals surface area contributed by atoms with Crippen LogP contribution in [0, 0.1) is 0 Å². The summed E-state index contributed by atoms with van der Waals surface area (Å²) in [7, 11) is 0. The summed E-state index contributed by atoms with van der Waals surface area (Å²) in [6.45, 7) is 0.697. The number of carbonyl (C=O) groups is 3. The molecule has 1 aliphatic heterocycles. The molecule has 2 aromatic rings. The third kappa shape index (κ3) is 5.78. The number of rotatable bonds is 6. The highest BCUT2D eigenvalue weighted by Crippen LogP contribution is 2.21. The second-order valence-corrected chi connectivity index (χ2v) is 7.14. The van der Waals surface area contributed by atoms with Crippen LogP contribution < -0.4 is 11.1 Å². The van der Waals surface area contributed by atoms with Crippen molar-refractivity contribution in [2.75, 3.05) is 11.9 Å². The van der Waals surface area contributed by atoms with Gasteiger partial charge in [-0.1, -0.05) is 36.4 Å². The van der Waals surface area contributed by atoms with E-state index >= 15 is 0 Å². The number of nitrogens with zero attached hydrogens (tertiary/aromatic N) is 1. The van der Waals surface area contributed by atoms with E-state index in [0.717, 1.165) is 25.7 Å². The summed E-state index contributed by atoms with van der Waals surface area (Å²) in [4.78, 5) is 38.0. The molecule has 0 aromatic heterocycles. The van der Waals surface area contributed by atoms with Crippen molar-refractivity contribution in [3.8, 4) is 0 Å². The fourth-order valence-corrected chi connectivity index (χ4v) is 3.57. The molecule has 150 valence electrons. The molecule has 3 N–H and O–H groups in total. The molecule has 1 saturated heterocycles. The van der Waals surface area contributed by atoms with Crippen molar-refractivity contribution in [2.24, 2.45) is 5.73 Å². The smallest absolute Gasteiger partial charge is 0.248 e. The minimum Gasteiger partial charge on any atom is -0.366 e. The first-order valence-corrected chi connectivity index (χ1v) is 9.76. The Morgan fingerprint density at radius 3 is 2.59 bits per heavy atom. The predicted molar refractivity (Wildman–Crippen MR) is 112 cm³/mol. The summed E-state index contributed by atoms with van der Waals surface area (Å²) >= 11 is 0. The van der Waals surface area contributed by atoms with E-state index in [9.17, 15) is 14.4 Å². The zero-order valence-corrected chi connectivity index (χ0v) is 16.2. The minimum atomic E-state index is -0.568. The number of primary amides is 1. The van der Waals surface area contributed by atoms with Crippen LogP contribution in [0.1, 0.15) is 35.2 Å². The maximum absolute atomic E-state index is 12.7. The van der Waals surface area contributed by atoms with Crippen molar-refractivity contribution in [3.05, 3.63) is 77.9 Å². The van der Waals surface area contributed by atoms with Crippen LogP contribution in [0.3, 0.4) is 0 Å². The number of amides is 3. The molecule has 0 aliphatic carbocycles. The maximum Gasteiger partial charge on any atom is 0.248 e. The zero-order chi connectivity index (χ0) is 20.6. The number of piperidine rings is 1. The molecule has 6 nitrogen and oxygen atoms in total. The molecule has 1 atom stereocenters. The van der Waals surface area contributed by atoms with Gasteiger partial charge in [0.25, 0.3) is 0 Å². The van der Waals surface area contributed by atoms with E-state index in [1.165, 1.54) is 23.8 Å². The third-order valence-corrected chi connectivity index (χ3v) is 5.02. The highest BCUT2D eigenvalue weighted by Gasteiger charge is 2.25. The summed E-state index contributed by atoms with van der Waals surface area (Å²) in [5.74, 6) is -1.16. The molecule has 0 saturated carbocycles. The first-order chi connectivity index (χ1) is 14.0. The van der Waals surface area contributed by atoms with Gasteiger partial charge in [0.1, 0.15) is 0 Å². The Balaban J connectivity index is 1.61. The van der Waals surface area contributed by atoms with Crippen LogP contribution in [0.25, 0.3) is 0 Å². The lowest BCUT2D eigenvalue weighted by atomic mass is 9.95. The van der Waals surface area contributed by atoms with Crippen molar-refractivity contribution in [1.29, 1.82) is 0 Å². The van der Waals surface area contributed by atoms with Crippen LogP contribution in [0.5, 0.6) is 0 Å². The summed E-state index contributed by atoms with van der Waals surface area (Å²) in [6, 6.07) is 16.6. The number of hydrogen-bond acceptors (Lipinski definition) is 3. The van der Waals surface area contributed by atoms with Gasteiger partial charge in [-0.25, -0.2) is 0 Å². The van der Waals surface area contributed by atoms with Gasteiger partial charge in [-0.15, -0.1) is 0 Å². The van der Waals surface area contributed by atoms with E-state index in [1.807, 2.05) is 23.1 Å². The Kier molecular flexibility index (Phi) is 6.79. The Morgan fingerprint density at radius 2 is 1.83 bits per heavy atom. The largest absolute Gasteiger partial charge is 0.366 e. The van der Waals surface area contributed by atoms with Gasteiger partial charge < -0.3 is 16.0 Å². The van der Waals surface area contributed by atoms with E-state index in [0.29, 0.717) is 17.8 Å². The number of hydrogen-bond donors (Lipinski definition) is 2. The van der Waals surface area contributed by atoms with Gasteiger partial charge in [-0.05, 0) is 49.4 Å². The molecule has 1 heterocycles. The number of likely N-dealkylation sites (tertiary alicyclic amines) is 1. The average Bonchev–Trinajstić information content (AvgIpc) is 2.73. The van der Waals surface area contributed by atoms with E-state index < -0.39 is 11.8 Å². The molecular formula is C23H25N3O3. The monoisotopic (exact) mass is 391 g/mol. The highest BCUT2D eigenvalue weighted by molar-refractivity contribution is 6.04. The van der Waals surface area contributed by atoms with Gasteiger partial charge in [0.05, 0.1) is 0 Å². The van der Waals surface area contributed by atoms with Crippen molar-refractivity contribution in [3.63, 3.8) is 0 Å². The van der Waals surface area contributed by atoms with Gasteiger partial charge >= 0.3 is 0 Å². The topological polar surface area (TPSA) is 92.5 Å². The number of nitrogens with one attached hydrogen (secondary N) is 1. The van der Waals surface area contributed by atoms with Crippen molar-refractivity contribution in [2.45, 2.75) is 31.7 Å². The zero-order valence-electron chi connectivity index (χ0n) is 16.2. The summed E-state index contributed by atoms with van der Waals surface area (Å²) in [5.41, 5.74) is 7.20. The van der Waals surface area contributed by atoms with Crippen LogP contribution >= 0.6 is 0 Å². The Hall–Kier alpha value is -3.41. The van der Waals surface area contributed by atoms with E-state index in [1.54, 1.807) is 18.2 Å². The Labute approximate surface area is 170 Å². The fourth-order valence-electron chi connectivity index (χ4n) is 3.57. The molecule has 1 unspecified atom stereocenters. The maximum atomic E-state index is 12.7. The quantitative estimate of drug-likeness (QED) is 0.742. The molecular weight excluding hydrogens is 366 g/mol. The number of anilines is 1. The fraction of sp³-hybridized carbons (Fsp3) is 0.261. The number of carbonyl (C=O) groups excluding carboxylic acids is 3. The van der Waals surface area contributed by atoms with E-state index in [-0.39, 0.29) is 11.9 Å². The van der Waals surface area contributed by atoms with Gasteiger partial charge in [0.15, 0.2) is 0 Å². The lowest BCUT2D eigenvalue weighted by molar-refractivity contribution is -0.129. The Morgan fingerprint density at radius 1 is 1.03 bits per heavy atom. The number of benzene rings is 2. The standard InChI is InChI=1S/C23H25N3O3/c24-23(29)18-9-6-10-19(16-18)25-21(27)12-13-22(28)26-14-5-4-11-20(26)15-17-7-2-1-3-8-17/h1-3,6-10,12-13,16,20H,4-5,11,14-15H2,(H2,24,29)(H,25,27)/b13-12-. The predicted octanol–water partition coefficient (Wildman–Crippen LogP) is 2.90. The molecule has 0 radical (unpaired) electrons. The van der Waals surface area contributed by atoms with Gasteiger partial charge in [-0.2, -0.15) is 0 Å². The summed E-state index contributed by atoms with van der Waals surface area (Å²) in [5, 5.41) is 2.64. The molecule has 1 fully saturated rings. The third-order valence-electron chi connectivity index (χ3n) is 5.02. The SMILES string of the molecule is NC(=O)c1cccc(NC(=O)/C=C\C(=O)N2CCCCC2Cc2ccccc2)c1. The minimum absolute atomic E-state index is 0.138. The molecule has 3 amide bonds. The normalized spacial score (nSPS) is 16.6. The van der Waals surface area contributed by atoms with Gasteiger partial charge in [0, 0.05) is 36.0 Å². The summed E-state index contributed by atoms with van der Waals surface area (Å²) in [6.07, 6.45) is 6.38. The first-order valence-electron chi connectivity index (χ1n) is 9.76. The first kappa shape index (κ1) is 20.3. The van der Waals surface area contributed by atoms with Crippen molar-refractivity contribution < 1.29 is 14.4 Å². The Bertz CT molecular complexity index is 909. The molecule has 3 rings (SSSR count). The van der Waals surface area contributed by atoms with Crippen molar-refractivity contribution >= 4 is 23.4 Å². The molecule has 29 heavy (non-hydrogen) atoms. The average molecular weight is 391 g/mol. The van der Waals surface area contributed by atoms with Gasteiger partial charge in [-0.3, -0.25) is 14.4 Å². The van der Waals surface area contributed by atoms with Crippen LogP contribution in [-0.2, 0) is 16.0 Å².